The van der Waals surface area contributed by atoms with Crippen molar-refractivity contribution < 1.29 is 192 Å². The quantitative estimate of drug-likeness (QED) is 0.0405. The van der Waals surface area contributed by atoms with Crippen molar-refractivity contribution in [3.05, 3.63) is 0 Å². The van der Waals surface area contributed by atoms with Crippen molar-refractivity contribution in [3.8, 4) is 0 Å². The lowest BCUT2D eigenvalue weighted by molar-refractivity contribution is -0.401. The minimum Gasteiger partial charge on any atom is -0.377 e. The van der Waals surface area contributed by atoms with Crippen LogP contribution in [0.1, 0.15) is 141 Å². The molecule has 0 aromatic heterocycles. The Morgan fingerprint density at radius 2 is 0.539 bits per heavy atom. The molecular weight excluding hydrogens is 1700 g/mol. The summed E-state index contributed by atoms with van der Waals surface area (Å²) >= 11 is 0. The number of ether oxygens (including phenoxy) is 6. The highest BCUT2D eigenvalue weighted by Crippen LogP contribution is 2.48. The molecule has 1 aliphatic carbocycles. The molecule has 0 heterocycles. The van der Waals surface area contributed by atoms with Crippen molar-refractivity contribution >= 4 is 64.4 Å². The Balaban J connectivity index is 3.06. The van der Waals surface area contributed by atoms with Crippen LogP contribution in [-0.2, 0) is 118 Å². The molecule has 0 aliphatic heterocycles. The number of ketones is 2. The molecule has 0 saturated heterocycles. The summed E-state index contributed by atoms with van der Waals surface area (Å²) in [5, 5.41) is 0. The predicted molar refractivity (Wildman–Crippen MR) is 389 cm³/mol. The van der Waals surface area contributed by atoms with E-state index in [2.05, 4.69) is 28.4 Å². The maximum Gasteiger partial charge on any atom is 0.500 e. The van der Waals surface area contributed by atoms with Crippen molar-refractivity contribution in [1.29, 1.82) is 0 Å². The van der Waals surface area contributed by atoms with Crippen molar-refractivity contribution in [2.75, 3.05) is 168 Å². The summed E-state index contributed by atoms with van der Waals surface area (Å²) in [6.45, 7) is -13.2. The second-order valence-corrected chi connectivity index (χ2v) is 46.5. The fraction of sp³-hybridized carbons (Fsp3) is 0.970. The van der Waals surface area contributed by atoms with Gasteiger partial charge in [0.2, 0.25) is 5.85 Å². The van der Waals surface area contributed by atoms with Crippen molar-refractivity contribution in [3.63, 3.8) is 0 Å². The van der Waals surface area contributed by atoms with Gasteiger partial charge in [-0.15, -0.1) is 0 Å². The number of halogens is 17. The van der Waals surface area contributed by atoms with E-state index in [1.54, 1.807) is 0 Å². The number of alkyl halides is 17. The van der Waals surface area contributed by atoms with Gasteiger partial charge in [-0.2, -0.15) is 35.1 Å². The fourth-order valence-electron chi connectivity index (χ4n) is 13.7. The first-order valence-electron chi connectivity index (χ1n) is 36.9. The summed E-state index contributed by atoms with van der Waals surface area (Å²) in [4.78, 5) is 29.1. The summed E-state index contributed by atoms with van der Waals surface area (Å²) in [5.74, 6) is -22.5. The van der Waals surface area contributed by atoms with Gasteiger partial charge < -0.3 is 98.6 Å². The van der Waals surface area contributed by atoms with Crippen LogP contribution in [0.3, 0.4) is 0 Å². The van der Waals surface area contributed by atoms with Gasteiger partial charge in [0.15, 0.2) is 0 Å². The summed E-state index contributed by atoms with van der Waals surface area (Å²) in [5.41, 5.74) is -2.49. The molecule has 2 unspecified atom stereocenters. The molecule has 0 amide bonds. The highest BCUT2D eigenvalue weighted by atomic mass is 28.4. The van der Waals surface area contributed by atoms with Crippen LogP contribution < -0.4 is 0 Å². The van der Waals surface area contributed by atoms with Crippen LogP contribution in [0.5, 0.6) is 0 Å². The van der Waals surface area contributed by atoms with E-state index in [-0.39, 0.29) is 113 Å². The summed E-state index contributed by atoms with van der Waals surface area (Å²) in [6.07, 6.45) is -33.5. The van der Waals surface area contributed by atoms with Crippen LogP contribution in [0.2, 0.25) is 36.3 Å². The molecule has 1 aliphatic rings. The van der Waals surface area contributed by atoms with Crippen molar-refractivity contribution in [2.45, 2.75) is 238 Å². The van der Waals surface area contributed by atoms with Crippen LogP contribution in [0.15, 0.2) is 0 Å². The standard InChI is InChI=1S/C66H123F17O26Si6/c1-86-110(87-2,88-3)39-21-30-56(31-22-40-111(89-4,90-5)91-6,32-23-41-112(92-7,93-8)94-9)53(84)27-19-36-58(67,68)47-104-51-65(80,81)108-63(76,77)45-60(71,72)49-106-55-29-38-62(55,75)107-50-61(73,74)46-64(78,79)109-66(82,83)52-105-48-59(69,70)37-20-28-54(85)57(33-24-42-113(95-10,96-11)97-12,34-25-43-114(98-13,99-14)100-15)35-26-44-115(101-16,102-17)103-18/h55H,19-52H2,1-18H3. The number of hydrogen-bond donors (Lipinski definition) is 0. The first kappa shape index (κ1) is 112. The van der Waals surface area contributed by atoms with E-state index in [0.717, 1.165) is 0 Å². The third kappa shape index (κ3) is 37.5. The number of rotatable bonds is 74. The Bertz CT molecular complexity index is 2530. The maximum absolute atomic E-state index is 15.6. The van der Waals surface area contributed by atoms with Gasteiger partial charge in [0.25, 0.3) is 23.7 Å². The second kappa shape index (κ2) is 49.8. The number of carbonyl (C=O) groups is 2. The Morgan fingerprint density at radius 1 is 0.304 bits per heavy atom. The molecule has 0 bridgehead atoms. The first-order valence-corrected chi connectivity index (χ1v) is 48.5. The van der Waals surface area contributed by atoms with Gasteiger partial charge in [-0.25, -0.2) is 39.5 Å². The van der Waals surface area contributed by atoms with E-state index in [9.17, 15) is 62.3 Å². The topological polar surface area (TPSA) is 256 Å². The fourth-order valence-corrected chi connectivity index (χ4v) is 24.0. The molecule has 686 valence electrons. The average Bonchev–Trinajstić information content (AvgIpc) is 0.770. The molecule has 115 heavy (non-hydrogen) atoms. The Hall–Kier alpha value is -1.51. The first-order chi connectivity index (χ1) is 53.4. The molecule has 26 nitrogen and oxygen atoms in total. The third-order valence-electron chi connectivity index (χ3n) is 20.4. The molecule has 0 aromatic rings. The van der Waals surface area contributed by atoms with Gasteiger partial charge in [-0.05, 0) is 96.3 Å². The third-order valence-corrected chi connectivity index (χ3v) is 37.4. The van der Waals surface area contributed by atoms with E-state index in [1.807, 2.05) is 0 Å². The van der Waals surface area contributed by atoms with Crippen LogP contribution in [0, 0.1) is 10.8 Å². The lowest BCUT2D eigenvalue weighted by Crippen LogP contribution is -2.54. The monoisotopic (exact) mass is 1820 g/mol. The molecule has 0 radical (unpaired) electrons. The van der Waals surface area contributed by atoms with Crippen molar-refractivity contribution in [2.24, 2.45) is 10.8 Å². The Kier molecular flexibility index (Phi) is 48.3. The molecule has 0 N–H and O–H groups in total. The van der Waals surface area contributed by atoms with Crippen LogP contribution in [-0.4, -0.2) is 292 Å². The van der Waals surface area contributed by atoms with E-state index in [0.29, 0.717) is 0 Å². The van der Waals surface area contributed by atoms with Crippen molar-refractivity contribution in [1.82, 2.24) is 0 Å². The summed E-state index contributed by atoms with van der Waals surface area (Å²) < 4.78 is 379. The molecule has 0 aromatic carbocycles. The minimum absolute atomic E-state index is 0.156. The largest absolute Gasteiger partial charge is 0.500 e. The minimum atomic E-state index is -5.57. The highest BCUT2D eigenvalue weighted by molar-refractivity contribution is 6.62. The molecule has 49 heteroatoms. The van der Waals surface area contributed by atoms with Crippen LogP contribution in [0.25, 0.3) is 0 Å². The smallest absolute Gasteiger partial charge is 0.377 e. The number of Topliss-reactive ketones (excluding diaryl/α,β-unsaturated/α-hetero) is 2. The molecule has 1 saturated carbocycles. The van der Waals surface area contributed by atoms with E-state index >= 15 is 22.0 Å². The van der Waals surface area contributed by atoms with Gasteiger partial charge in [0, 0.05) is 207 Å². The Labute approximate surface area is 670 Å². The average molecular weight is 1820 g/mol. The van der Waals surface area contributed by atoms with Gasteiger partial charge in [0.05, 0.1) is 0 Å². The van der Waals surface area contributed by atoms with Gasteiger partial charge in [0.1, 0.15) is 70.2 Å². The SMILES string of the molecule is CO[Si](CCCC(CCC[Si](OC)(OC)OC)(CCC[Si](OC)(OC)OC)C(=O)CCCC(F)(F)COCC(F)(F)OC(F)(F)CC(F)(F)COC1CCC1(F)OCC(F)(F)CC(F)(F)OC(F)(F)COCC(F)(F)CCCC(=O)C(CCC[Si](OC)(OC)OC)(CCC[Si](OC)(OC)OC)CCC[Si](OC)(OC)OC)(OC)OC. The molecule has 1 fully saturated rings. The van der Waals surface area contributed by atoms with Gasteiger partial charge in [-0.1, -0.05) is 0 Å². The maximum atomic E-state index is 15.6. The predicted octanol–water partition coefficient (Wildman–Crippen LogP) is 15.0. The zero-order valence-corrected chi connectivity index (χ0v) is 75.2. The van der Waals surface area contributed by atoms with Crippen LogP contribution >= 0.6 is 0 Å². The number of carbonyl (C=O) groups excluding carboxylic acids is 2. The lowest BCUT2D eigenvalue weighted by atomic mass is 9.71. The van der Waals surface area contributed by atoms with E-state index in [1.165, 1.54) is 128 Å². The van der Waals surface area contributed by atoms with E-state index < -0.39 is 239 Å². The summed E-state index contributed by atoms with van der Waals surface area (Å²) in [7, 11) is 5.70. The molecule has 0 spiro atoms. The number of hydrogen-bond acceptors (Lipinski definition) is 26. The lowest BCUT2D eigenvalue weighted by Gasteiger charge is -2.43. The zero-order valence-electron chi connectivity index (χ0n) is 69.2. The summed E-state index contributed by atoms with van der Waals surface area (Å²) in [6, 6.07) is 1.38. The van der Waals surface area contributed by atoms with Gasteiger partial charge >= 0.3 is 77.3 Å². The zero-order chi connectivity index (χ0) is 88.2. The molecular formula is C66H123F17O26Si6. The molecule has 2 atom stereocenters. The van der Waals surface area contributed by atoms with Crippen LogP contribution in [0.4, 0.5) is 74.6 Å². The highest BCUT2D eigenvalue weighted by Gasteiger charge is 2.58. The normalized spacial score (nSPS) is 16.8. The van der Waals surface area contributed by atoms with Gasteiger partial charge in [-0.3, -0.25) is 19.1 Å². The van der Waals surface area contributed by atoms with E-state index in [4.69, 9.17) is 79.7 Å². The second-order valence-electron chi connectivity index (χ2n) is 27.9. The Morgan fingerprint density at radius 3 is 0.757 bits per heavy atom. The molecule has 1 rings (SSSR count).